The van der Waals surface area contributed by atoms with Gasteiger partial charge < -0.3 is 0 Å². The SMILES string of the molecule is CC(C)c1cccc(NS(=O)(=O)CC(F)(F)F)n1. The Morgan fingerprint density at radius 2 is 1.94 bits per heavy atom. The Morgan fingerprint density at radius 3 is 2.44 bits per heavy atom. The molecule has 0 aromatic carbocycles. The van der Waals surface area contributed by atoms with E-state index >= 15 is 0 Å². The highest BCUT2D eigenvalue weighted by Gasteiger charge is 2.35. The molecule has 1 heterocycles. The molecule has 0 atom stereocenters. The standard InChI is InChI=1S/C10H13F3N2O2S/c1-7(2)8-4-3-5-9(14-8)15-18(16,17)6-10(11,12)13/h3-5,7H,6H2,1-2H3,(H,14,15). The predicted octanol–water partition coefficient (Wildman–Crippen LogP) is 2.51. The average molecular weight is 282 g/mol. The quantitative estimate of drug-likeness (QED) is 0.923. The zero-order chi connectivity index (χ0) is 14.0. The summed E-state index contributed by atoms with van der Waals surface area (Å²) in [4.78, 5) is 3.93. The van der Waals surface area contributed by atoms with Crippen LogP contribution in [0.15, 0.2) is 18.2 Å². The second kappa shape index (κ2) is 5.13. The third kappa shape index (κ3) is 4.91. The van der Waals surface area contributed by atoms with E-state index in [9.17, 15) is 21.6 Å². The molecule has 0 radical (unpaired) electrons. The van der Waals surface area contributed by atoms with Crippen molar-refractivity contribution >= 4 is 15.8 Å². The van der Waals surface area contributed by atoms with E-state index in [2.05, 4.69) is 4.98 Å². The molecule has 0 aliphatic rings. The van der Waals surface area contributed by atoms with Crippen molar-refractivity contribution in [1.29, 1.82) is 0 Å². The van der Waals surface area contributed by atoms with Crippen LogP contribution in [0.1, 0.15) is 25.5 Å². The second-order valence-electron chi connectivity index (χ2n) is 4.08. The van der Waals surface area contributed by atoms with E-state index in [4.69, 9.17) is 0 Å². The van der Waals surface area contributed by atoms with E-state index in [1.807, 2.05) is 18.6 Å². The number of alkyl halides is 3. The minimum Gasteiger partial charge on any atom is -0.267 e. The average Bonchev–Trinajstić information content (AvgIpc) is 2.12. The largest absolute Gasteiger partial charge is 0.404 e. The third-order valence-electron chi connectivity index (χ3n) is 1.98. The van der Waals surface area contributed by atoms with E-state index in [1.54, 1.807) is 6.07 Å². The lowest BCUT2D eigenvalue weighted by Crippen LogP contribution is -2.28. The molecule has 0 bridgehead atoms. The number of hydrogen-bond donors (Lipinski definition) is 1. The number of nitrogens with zero attached hydrogens (tertiary/aromatic N) is 1. The summed E-state index contributed by atoms with van der Waals surface area (Å²) < 4.78 is 60.3. The highest BCUT2D eigenvalue weighted by atomic mass is 32.2. The van der Waals surface area contributed by atoms with Gasteiger partial charge in [0.05, 0.1) is 0 Å². The number of halogens is 3. The van der Waals surface area contributed by atoms with Gasteiger partial charge >= 0.3 is 6.18 Å². The van der Waals surface area contributed by atoms with Gasteiger partial charge in [0.15, 0.2) is 5.75 Å². The number of sulfonamides is 1. The van der Waals surface area contributed by atoms with Crippen molar-refractivity contribution in [2.24, 2.45) is 0 Å². The van der Waals surface area contributed by atoms with Gasteiger partial charge in [0.1, 0.15) is 5.82 Å². The molecular formula is C10H13F3N2O2S. The van der Waals surface area contributed by atoms with E-state index in [0.717, 1.165) is 0 Å². The summed E-state index contributed by atoms with van der Waals surface area (Å²) in [6.07, 6.45) is -4.78. The first-order valence-electron chi connectivity index (χ1n) is 5.13. The number of nitrogens with one attached hydrogen (secondary N) is 1. The second-order valence-corrected chi connectivity index (χ2v) is 5.80. The van der Waals surface area contributed by atoms with Gasteiger partial charge in [-0.1, -0.05) is 19.9 Å². The molecule has 102 valence electrons. The van der Waals surface area contributed by atoms with Crippen molar-refractivity contribution in [3.8, 4) is 0 Å². The van der Waals surface area contributed by atoms with Gasteiger partial charge in [0.25, 0.3) is 0 Å². The first-order valence-corrected chi connectivity index (χ1v) is 6.78. The zero-order valence-electron chi connectivity index (χ0n) is 9.82. The van der Waals surface area contributed by atoms with Crippen LogP contribution < -0.4 is 4.72 Å². The molecule has 0 aliphatic heterocycles. The Morgan fingerprint density at radius 1 is 1.33 bits per heavy atom. The van der Waals surface area contributed by atoms with Crippen molar-refractivity contribution in [2.75, 3.05) is 10.5 Å². The first kappa shape index (κ1) is 14.7. The van der Waals surface area contributed by atoms with E-state index in [0.29, 0.717) is 5.69 Å². The minimum absolute atomic E-state index is 0.0528. The van der Waals surface area contributed by atoms with Crippen LogP contribution in [0.2, 0.25) is 0 Å². The van der Waals surface area contributed by atoms with Gasteiger partial charge in [-0.15, -0.1) is 0 Å². The van der Waals surface area contributed by atoms with Crippen LogP contribution in [-0.2, 0) is 10.0 Å². The maximum atomic E-state index is 12.0. The van der Waals surface area contributed by atoms with Gasteiger partial charge in [-0.05, 0) is 18.1 Å². The van der Waals surface area contributed by atoms with E-state index in [-0.39, 0.29) is 11.7 Å². The van der Waals surface area contributed by atoms with Crippen LogP contribution >= 0.6 is 0 Å². The molecule has 8 heteroatoms. The fraction of sp³-hybridized carbons (Fsp3) is 0.500. The summed E-state index contributed by atoms with van der Waals surface area (Å²) in [5, 5.41) is 0. The Balaban J connectivity index is 2.88. The molecule has 1 N–H and O–H groups in total. The Kier molecular flexibility index (Phi) is 4.20. The van der Waals surface area contributed by atoms with Crippen LogP contribution in [0.5, 0.6) is 0 Å². The zero-order valence-corrected chi connectivity index (χ0v) is 10.6. The predicted molar refractivity (Wildman–Crippen MR) is 61.8 cm³/mol. The van der Waals surface area contributed by atoms with Gasteiger partial charge in [-0.3, -0.25) is 4.72 Å². The van der Waals surface area contributed by atoms with Crippen LogP contribution in [-0.4, -0.2) is 25.3 Å². The van der Waals surface area contributed by atoms with Crippen LogP contribution in [0.4, 0.5) is 19.0 Å². The van der Waals surface area contributed by atoms with Crippen molar-refractivity contribution in [1.82, 2.24) is 4.98 Å². The number of hydrogen-bond acceptors (Lipinski definition) is 3. The molecule has 1 aromatic heterocycles. The monoisotopic (exact) mass is 282 g/mol. The summed E-state index contributed by atoms with van der Waals surface area (Å²) in [6.45, 7) is 3.69. The Hall–Kier alpha value is -1.31. The Labute approximate surface area is 103 Å². The fourth-order valence-electron chi connectivity index (χ4n) is 1.24. The van der Waals surface area contributed by atoms with E-state index in [1.165, 1.54) is 12.1 Å². The molecule has 0 spiro atoms. The minimum atomic E-state index is -4.78. The van der Waals surface area contributed by atoms with Crippen molar-refractivity contribution in [3.63, 3.8) is 0 Å². The molecule has 0 unspecified atom stereocenters. The summed E-state index contributed by atoms with van der Waals surface area (Å²) in [5.74, 6) is -1.98. The normalized spacial score (nSPS) is 12.8. The highest BCUT2D eigenvalue weighted by molar-refractivity contribution is 7.92. The maximum absolute atomic E-state index is 12.0. The Bertz CT molecular complexity index is 512. The molecule has 1 rings (SSSR count). The number of aromatic nitrogens is 1. The molecule has 0 amide bonds. The van der Waals surface area contributed by atoms with Gasteiger partial charge in [0, 0.05) is 5.69 Å². The summed E-state index contributed by atoms with van der Waals surface area (Å²) >= 11 is 0. The maximum Gasteiger partial charge on any atom is 0.404 e. The van der Waals surface area contributed by atoms with Crippen LogP contribution in [0.25, 0.3) is 0 Å². The van der Waals surface area contributed by atoms with Gasteiger partial charge in [0.2, 0.25) is 10.0 Å². The van der Waals surface area contributed by atoms with E-state index < -0.39 is 22.0 Å². The summed E-state index contributed by atoms with van der Waals surface area (Å²) in [5.41, 5.74) is 0.599. The molecule has 0 fully saturated rings. The molecule has 1 aromatic rings. The van der Waals surface area contributed by atoms with Crippen molar-refractivity contribution in [2.45, 2.75) is 25.9 Å². The topological polar surface area (TPSA) is 59.1 Å². The number of pyridine rings is 1. The lowest BCUT2D eigenvalue weighted by molar-refractivity contribution is -0.106. The lowest BCUT2D eigenvalue weighted by atomic mass is 10.1. The van der Waals surface area contributed by atoms with Crippen molar-refractivity contribution in [3.05, 3.63) is 23.9 Å². The van der Waals surface area contributed by atoms with Gasteiger partial charge in [-0.25, -0.2) is 13.4 Å². The molecule has 0 saturated carbocycles. The third-order valence-corrected chi connectivity index (χ3v) is 3.20. The lowest BCUT2D eigenvalue weighted by Gasteiger charge is -2.11. The summed E-state index contributed by atoms with van der Waals surface area (Å²) in [7, 11) is -4.47. The number of rotatable bonds is 4. The van der Waals surface area contributed by atoms with Gasteiger partial charge in [-0.2, -0.15) is 13.2 Å². The molecule has 4 nitrogen and oxygen atoms in total. The fourth-order valence-corrected chi connectivity index (χ4v) is 2.18. The molecular weight excluding hydrogens is 269 g/mol. The number of anilines is 1. The highest BCUT2D eigenvalue weighted by Crippen LogP contribution is 2.19. The van der Waals surface area contributed by atoms with Crippen molar-refractivity contribution < 1.29 is 21.6 Å². The smallest absolute Gasteiger partial charge is 0.267 e. The van der Waals surface area contributed by atoms with Crippen LogP contribution in [0, 0.1) is 0 Å². The first-order chi connectivity index (χ1) is 8.09. The van der Waals surface area contributed by atoms with Crippen LogP contribution in [0.3, 0.4) is 0 Å². The molecule has 0 aliphatic carbocycles. The summed E-state index contributed by atoms with van der Waals surface area (Å²) in [6, 6.07) is 4.51. The molecule has 0 saturated heterocycles. The molecule has 18 heavy (non-hydrogen) atoms.